The Morgan fingerprint density at radius 3 is 1.03 bits per heavy atom. The van der Waals surface area contributed by atoms with Crippen molar-refractivity contribution in [2.24, 2.45) is 0 Å². The second-order valence-corrected chi connectivity index (χ2v) is 14.8. The highest BCUT2D eigenvalue weighted by molar-refractivity contribution is 6.40. The van der Waals surface area contributed by atoms with E-state index in [2.05, 4.69) is 192 Å². The molecule has 0 saturated carbocycles. The van der Waals surface area contributed by atoms with Gasteiger partial charge in [-0.1, -0.05) is 133 Å². The highest BCUT2D eigenvalue weighted by Crippen LogP contribution is 2.37. The summed E-state index contributed by atoms with van der Waals surface area (Å²) in [5.74, 6) is -0.484. The largest absolute Gasteiger partial charge is 0.342 e. The third-order valence-electron chi connectivity index (χ3n) is 11.0. The van der Waals surface area contributed by atoms with Crippen LogP contribution in [0.4, 0.5) is 34.1 Å². The Hall–Kier alpha value is -8.02. The number of carbonyl (C=O) groups excluding carboxylic acids is 2. The van der Waals surface area contributed by atoms with Crippen molar-refractivity contribution in [3.63, 3.8) is 0 Å². The van der Waals surface area contributed by atoms with Crippen molar-refractivity contribution in [2.45, 2.75) is 6.92 Å². The fourth-order valence-electron chi connectivity index (χ4n) is 8.00. The van der Waals surface area contributed by atoms with Gasteiger partial charge >= 0.3 is 0 Å². The summed E-state index contributed by atoms with van der Waals surface area (Å²) in [7, 11) is 0. The lowest BCUT2D eigenvalue weighted by Crippen LogP contribution is -2.23. The summed E-state index contributed by atoms with van der Waals surface area (Å²) in [6, 6.07) is 65.5. The van der Waals surface area contributed by atoms with Crippen LogP contribution >= 0.6 is 0 Å². The average molecular weight is 790 g/mol. The average Bonchev–Trinajstić information content (AvgIpc) is 3.58. The number of benzene rings is 7. The van der Waals surface area contributed by atoms with Crippen LogP contribution in [0.5, 0.6) is 0 Å². The number of nitrogens with zero attached hydrogens (tertiary/aromatic N) is 3. The number of para-hydroxylation sites is 4. The first kappa shape index (κ1) is 38.5. The molecule has 1 aliphatic carbocycles. The van der Waals surface area contributed by atoms with E-state index >= 15 is 0 Å². The molecule has 0 saturated heterocycles. The molecule has 61 heavy (non-hydrogen) atoms. The zero-order valence-corrected chi connectivity index (χ0v) is 33.8. The Kier molecular flexibility index (Phi) is 11.0. The quantitative estimate of drug-likeness (QED) is 0.0965. The van der Waals surface area contributed by atoms with Crippen LogP contribution in [0.2, 0.25) is 0 Å². The van der Waals surface area contributed by atoms with Gasteiger partial charge in [0.25, 0.3) is 0 Å². The monoisotopic (exact) mass is 789 g/mol. The molecule has 1 aliphatic heterocycles. The minimum Gasteiger partial charge on any atom is -0.342 e. The zero-order valence-electron chi connectivity index (χ0n) is 33.8. The lowest BCUT2D eigenvalue weighted by atomic mass is 9.97. The number of anilines is 6. The minimum atomic E-state index is -0.242. The highest BCUT2D eigenvalue weighted by atomic mass is 16.2. The van der Waals surface area contributed by atoms with Crippen LogP contribution in [0.25, 0.3) is 12.2 Å². The molecule has 7 aromatic carbocycles. The summed E-state index contributed by atoms with van der Waals surface area (Å²) < 4.78 is 0. The number of allylic oxidation sites excluding steroid dienone is 6. The van der Waals surface area contributed by atoms with Crippen molar-refractivity contribution >= 4 is 57.8 Å². The fourth-order valence-corrected chi connectivity index (χ4v) is 8.00. The maximum Gasteiger partial charge on any atom is 0.198 e. The van der Waals surface area contributed by atoms with E-state index in [1.54, 1.807) is 24.3 Å². The van der Waals surface area contributed by atoms with Gasteiger partial charge in [0.05, 0.1) is 5.57 Å². The van der Waals surface area contributed by atoms with Crippen molar-refractivity contribution in [2.75, 3.05) is 16.3 Å². The standard InChI is InChI=1S/C56H43N3O2/c1-2-57-50(37-31-41-27-33-48(34-28-41)58(44-17-7-3-8-18-44)45-19-9-4-10-20-45)39-43(54-55(60)52-25-15-16-26-53(52)56(54)61)40-51(57)38-32-42-29-35-49(36-30-42)59(46-21-11-5-12-22-46)47-23-13-6-14-24-47/h3-40H,2H2,1H3/b37-31+,38-32+. The number of carbonyl (C=O) groups is 2. The molecule has 0 radical (unpaired) electrons. The zero-order chi connectivity index (χ0) is 41.5. The Balaban J connectivity index is 1.04. The van der Waals surface area contributed by atoms with E-state index in [1.165, 1.54) is 0 Å². The van der Waals surface area contributed by atoms with Gasteiger partial charge in [-0.05, 0) is 121 Å². The molecule has 5 heteroatoms. The Labute approximate surface area is 357 Å². The van der Waals surface area contributed by atoms with Crippen LogP contribution in [0.15, 0.2) is 241 Å². The molecule has 0 spiro atoms. The molecule has 9 rings (SSSR count). The maximum atomic E-state index is 13.8. The van der Waals surface area contributed by atoms with Gasteiger partial charge < -0.3 is 14.7 Å². The smallest absolute Gasteiger partial charge is 0.198 e. The second-order valence-electron chi connectivity index (χ2n) is 14.8. The molecule has 294 valence electrons. The molecular formula is C56H43N3O2. The molecule has 1 heterocycles. The first-order valence-corrected chi connectivity index (χ1v) is 20.6. The van der Waals surface area contributed by atoms with Gasteiger partial charge in [-0.2, -0.15) is 0 Å². The summed E-state index contributed by atoms with van der Waals surface area (Å²) in [5.41, 5.74) is 11.9. The van der Waals surface area contributed by atoms with E-state index in [0.717, 1.165) is 56.6 Å². The number of Topliss-reactive ketones (excluding diaryl/α,β-unsaturated/α-hetero) is 2. The van der Waals surface area contributed by atoms with Gasteiger partial charge in [0.1, 0.15) is 0 Å². The molecule has 0 fully saturated rings. The van der Waals surface area contributed by atoms with E-state index < -0.39 is 0 Å². The lowest BCUT2D eigenvalue weighted by Gasteiger charge is -2.29. The van der Waals surface area contributed by atoms with E-state index in [9.17, 15) is 9.59 Å². The van der Waals surface area contributed by atoms with Crippen molar-refractivity contribution in [3.05, 3.63) is 263 Å². The third-order valence-corrected chi connectivity index (χ3v) is 11.0. The van der Waals surface area contributed by atoms with Crippen molar-refractivity contribution < 1.29 is 9.59 Å². The number of ketones is 2. The molecule has 0 atom stereocenters. The molecule has 0 aromatic heterocycles. The SMILES string of the molecule is CCN1C(/C=C/c2ccc(N(c3ccccc3)c3ccccc3)cc2)=CC(=C2C(=O)c3ccccc3C2=O)C=C1/C=C/c1ccc(N(c2ccccc2)c2ccccc2)cc1. The topological polar surface area (TPSA) is 43.9 Å². The second kappa shape index (κ2) is 17.5. The van der Waals surface area contributed by atoms with Gasteiger partial charge in [-0.25, -0.2) is 0 Å². The van der Waals surface area contributed by atoms with E-state index in [-0.39, 0.29) is 17.1 Å². The van der Waals surface area contributed by atoms with Gasteiger partial charge in [-0.15, -0.1) is 0 Å². The van der Waals surface area contributed by atoms with Crippen LogP contribution in [-0.4, -0.2) is 23.0 Å². The van der Waals surface area contributed by atoms with Crippen LogP contribution < -0.4 is 9.80 Å². The van der Waals surface area contributed by atoms with Crippen LogP contribution in [0.3, 0.4) is 0 Å². The summed E-state index contributed by atoms with van der Waals surface area (Å²) in [4.78, 5) is 34.3. The molecule has 5 nitrogen and oxygen atoms in total. The predicted molar refractivity (Wildman–Crippen MR) is 251 cm³/mol. The van der Waals surface area contributed by atoms with Crippen LogP contribution in [0.1, 0.15) is 38.8 Å². The predicted octanol–water partition coefficient (Wildman–Crippen LogP) is 13.8. The Bertz CT molecular complexity index is 2570. The third kappa shape index (κ3) is 8.05. The number of likely N-dealkylation sites (N-methyl/N-ethyl adjacent to an activating group) is 1. The van der Waals surface area contributed by atoms with E-state index in [0.29, 0.717) is 23.2 Å². The Morgan fingerprint density at radius 1 is 0.393 bits per heavy atom. The first-order valence-electron chi connectivity index (χ1n) is 20.6. The summed E-state index contributed by atoms with van der Waals surface area (Å²) in [5, 5.41) is 0. The maximum absolute atomic E-state index is 13.8. The van der Waals surface area contributed by atoms with Crippen LogP contribution in [0, 0.1) is 0 Å². The fraction of sp³-hybridized carbons (Fsp3) is 0.0357. The highest BCUT2D eigenvalue weighted by Gasteiger charge is 2.35. The molecule has 2 aliphatic rings. The molecule has 7 aromatic rings. The van der Waals surface area contributed by atoms with Gasteiger partial charge in [0.15, 0.2) is 11.6 Å². The van der Waals surface area contributed by atoms with Gasteiger partial charge in [0.2, 0.25) is 0 Å². The lowest BCUT2D eigenvalue weighted by molar-refractivity contribution is 0.0987. The van der Waals surface area contributed by atoms with E-state index in [4.69, 9.17) is 0 Å². The summed E-state index contributed by atoms with van der Waals surface area (Å²) in [6.45, 7) is 2.78. The number of hydrogen-bond donors (Lipinski definition) is 0. The normalized spacial score (nSPS) is 13.8. The van der Waals surface area contributed by atoms with Crippen molar-refractivity contribution in [3.8, 4) is 0 Å². The number of rotatable bonds is 11. The molecule has 0 unspecified atom stereocenters. The van der Waals surface area contributed by atoms with Gasteiger partial charge in [0, 0.05) is 63.2 Å². The number of hydrogen-bond acceptors (Lipinski definition) is 5. The van der Waals surface area contributed by atoms with Crippen molar-refractivity contribution in [1.82, 2.24) is 4.90 Å². The molecule has 0 bridgehead atoms. The number of fused-ring (bicyclic) bond motifs is 1. The summed E-state index contributed by atoms with van der Waals surface area (Å²) >= 11 is 0. The molecule has 0 N–H and O–H groups in total. The first-order chi connectivity index (χ1) is 30.1. The van der Waals surface area contributed by atoms with Crippen molar-refractivity contribution in [1.29, 1.82) is 0 Å². The molecule has 0 amide bonds. The Morgan fingerprint density at radius 2 is 0.705 bits per heavy atom. The summed E-state index contributed by atoms with van der Waals surface area (Å²) in [6.07, 6.45) is 12.2. The minimum absolute atomic E-state index is 0.200. The molecular weight excluding hydrogens is 747 g/mol. The van der Waals surface area contributed by atoms with Crippen LogP contribution in [-0.2, 0) is 0 Å². The van der Waals surface area contributed by atoms with Gasteiger partial charge in [-0.3, -0.25) is 9.59 Å². The van der Waals surface area contributed by atoms with E-state index in [1.807, 2.05) is 36.4 Å².